The lowest BCUT2D eigenvalue weighted by Gasteiger charge is -2.12. The molecule has 1 aromatic rings. The third kappa shape index (κ3) is 3.14. The van der Waals surface area contributed by atoms with E-state index >= 15 is 0 Å². The maximum absolute atomic E-state index is 10.8. The fourth-order valence-corrected chi connectivity index (χ4v) is 1.95. The molecule has 1 unspecified atom stereocenters. The molecule has 0 saturated carbocycles. The molecule has 0 amide bonds. The van der Waals surface area contributed by atoms with Crippen molar-refractivity contribution < 1.29 is 19.4 Å². The van der Waals surface area contributed by atoms with Crippen molar-refractivity contribution in [2.75, 3.05) is 14.2 Å². The van der Waals surface area contributed by atoms with Crippen LogP contribution in [0.2, 0.25) is 0 Å². The van der Waals surface area contributed by atoms with Crippen molar-refractivity contribution >= 4 is 21.9 Å². The van der Waals surface area contributed by atoms with E-state index in [-0.39, 0.29) is 6.42 Å². The number of rotatable bonds is 5. The van der Waals surface area contributed by atoms with Gasteiger partial charge < -0.3 is 14.6 Å². The summed E-state index contributed by atoms with van der Waals surface area (Å²) in [5.74, 6) is -1.19. The number of aliphatic carboxylic acids is 1. The standard InChI is InChI=1S/C12H12BrNO4/c1-17-10-4-7(3-8(6-14)12(15)16)9(13)5-11(10)18-2/h4-5,8H,3H2,1-2H3,(H,15,16). The average Bonchev–Trinajstić information content (AvgIpc) is 2.36. The van der Waals surface area contributed by atoms with Gasteiger partial charge in [-0.25, -0.2) is 0 Å². The number of ether oxygens (including phenoxy) is 2. The Labute approximate surface area is 113 Å². The zero-order valence-corrected chi connectivity index (χ0v) is 11.5. The third-order valence-corrected chi connectivity index (χ3v) is 3.17. The van der Waals surface area contributed by atoms with Gasteiger partial charge >= 0.3 is 5.97 Å². The molecule has 0 saturated heterocycles. The molecule has 0 spiro atoms. The van der Waals surface area contributed by atoms with Crippen LogP contribution < -0.4 is 9.47 Å². The Hall–Kier alpha value is -1.74. The molecule has 0 heterocycles. The van der Waals surface area contributed by atoms with Crippen molar-refractivity contribution in [3.05, 3.63) is 22.2 Å². The summed E-state index contributed by atoms with van der Waals surface area (Å²) in [6.45, 7) is 0. The molecule has 1 N–H and O–H groups in total. The lowest BCUT2D eigenvalue weighted by Crippen LogP contribution is -2.14. The third-order valence-electron chi connectivity index (χ3n) is 2.43. The van der Waals surface area contributed by atoms with Gasteiger partial charge in [0.15, 0.2) is 11.5 Å². The van der Waals surface area contributed by atoms with Crippen LogP contribution in [0.25, 0.3) is 0 Å². The molecule has 1 atom stereocenters. The van der Waals surface area contributed by atoms with Gasteiger partial charge in [-0.05, 0) is 17.7 Å². The first-order valence-electron chi connectivity index (χ1n) is 5.06. The highest BCUT2D eigenvalue weighted by molar-refractivity contribution is 9.10. The van der Waals surface area contributed by atoms with Gasteiger partial charge in [0.05, 0.1) is 20.3 Å². The molecule has 5 nitrogen and oxygen atoms in total. The van der Waals surface area contributed by atoms with E-state index in [1.165, 1.54) is 14.2 Å². The lowest BCUT2D eigenvalue weighted by molar-refractivity contribution is -0.139. The van der Waals surface area contributed by atoms with Crippen LogP contribution in [0.1, 0.15) is 5.56 Å². The van der Waals surface area contributed by atoms with Gasteiger partial charge in [-0.2, -0.15) is 5.26 Å². The second-order valence-electron chi connectivity index (χ2n) is 3.52. The highest BCUT2D eigenvalue weighted by atomic mass is 79.9. The Balaban J connectivity index is 3.10. The zero-order valence-electron chi connectivity index (χ0n) is 9.94. The van der Waals surface area contributed by atoms with E-state index in [4.69, 9.17) is 19.8 Å². The smallest absolute Gasteiger partial charge is 0.321 e. The molecule has 0 aliphatic carbocycles. The summed E-state index contributed by atoms with van der Waals surface area (Å²) in [7, 11) is 3.01. The van der Waals surface area contributed by atoms with E-state index in [0.717, 1.165) is 0 Å². The first-order chi connectivity index (χ1) is 8.53. The molecule has 0 radical (unpaired) electrons. The van der Waals surface area contributed by atoms with Crippen molar-refractivity contribution in [3.8, 4) is 17.6 Å². The van der Waals surface area contributed by atoms with Crippen molar-refractivity contribution in [2.45, 2.75) is 6.42 Å². The summed E-state index contributed by atoms with van der Waals surface area (Å²) >= 11 is 3.32. The summed E-state index contributed by atoms with van der Waals surface area (Å²) in [6, 6.07) is 5.10. The minimum atomic E-state index is -1.14. The first-order valence-corrected chi connectivity index (χ1v) is 5.85. The zero-order chi connectivity index (χ0) is 13.7. The van der Waals surface area contributed by atoms with Gasteiger partial charge in [-0.3, -0.25) is 4.79 Å². The van der Waals surface area contributed by atoms with Crippen molar-refractivity contribution in [3.63, 3.8) is 0 Å². The van der Waals surface area contributed by atoms with E-state index in [2.05, 4.69) is 15.9 Å². The van der Waals surface area contributed by atoms with Crippen LogP contribution in [-0.2, 0) is 11.2 Å². The van der Waals surface area contributed by atoms with Crippen LogP contribution in [0.3, 0.4) is 0 Å². The highest BCUT2D eigenvalue weighted by Gasteiger charge is 2.20. The van der Waals surface area contributed by atoms with Crippen LogP contribution in [0.4, 0.5) is 0 Å². The van der Waals surface area contributed by atoms with Gasteiger partial charge in [0.2, 0.25) is 0 Å². The summed E-state index contributed by atoms with van der Waals surface area (Å²) in [5.41, 5.74) is 0.682. The quantitative estimate of drug-likeness (QED) is 0.901. The number of benzene rings is 1. The number of carboxylic acid groups (broad SMARTS) is 1. The molecule has 1 aromatic carbocycles. The molecule has 0 aromatic heterocycles. The fourth-order valence-electron chi connectivity index (χ4n) is 1.46. The molecule has 18 heavy (non-hydrogen) atoms. The largest absolute Gasteiger partial charge is 0.493 e. The summed E-state index contributed by atoms with van der Waals surface area (Å²) < 4.78 is 10.9. The van der Waals surface area contributed by atoms with Crippen molar-refractivity contribution in [1.82, 2.24) is 0 Å². The topological polar surface area (TPSA) is 79.5 Å². The molecule has 0 aliphatic heterocycles. The van der Waals surface area contributed by atoms with E-state index in [1.54, 1.807) is 18.2 Å². The van der Waals surface area contributed by atoms with Crippen LogP contribution in [0.5, 0.6) is 11.5 Å². The maximum Gasteiger partial charge on any atom is 0.321 e. The molecular weight excluding hydrogens is 302 g/mol. The number of hydrogen-bond donors (Lipinski definition) is 1. The van der Waals surface area contributed by atoms with Gasteiger partial charge in [-0.1, -0.05) is 15.9 Å². The normalized spacial score (nSPS) is 11.4. The predicted molar refractivity (Wildman–Crippen MR) is 67.7 cm³/mol. The molecule has 0 fully saturated rings. The second-order valence-corrected chi connectivity index (χ2v) is 4.38. The van der Waals surface area contributed by atoms with Crippen LogP contribution in [0.15, 0.2) is 16.6 Å². The minimum Gasteiger partial charge on any atom is -0.493 e. The number of carbonyl (C=O) groups is 1. The van der Waals surface area contributed by atoms with Gasteiger partial charge in [0, 0.05) is 10.9 Å². The van der Waals surface area contributed by atoms with Gasteiger partial charge in [0.1, 0.15) is 5.92 Å². The minimum absolute atomic E-state index is 0.104. The Kier molecular flexibility index (Phi) is 4.98. The summed E-state index contributed by atoms with van der Waals surface area (Å²) in [6.07, 6.45) is 0.104. The number of carboxylic acids is 1. The van der Waals surface area contributed by atoms with Crippen molar-refractivity contribution in [2.24, 2.45) is 5.92 Å². The average molecular weight is 314 g/mol. The second kappa shape index (κ2) is 6.26. The van der Waals surface area contributed by atoms with E-state index < -0.39 is 11.9 Å². The number of nitriles is 1. The summed E-state index contributed by atoms with van der Waals surface area (Å²) in [5, 5.41) is 17.6. The highest BCUT2D eigenvalue weighted by Crippen LogP contribution is 2.34. The van der Waals surface area contributed by atoms with Crippen molar-refractivity contribution in [1.29, 1.82) is 5.26 Å². The Bertz CT molecular complexity index is 496. The molecule has 6 heteroatoms. The first kappa shape index (κ1) is 14.3. The van der Waals surface area contributed by atoms with E-state index in [9.17, 15) is 4.79 Å². The lowest BCUT2D eigenvalue weighted by atomic mass is 10.0. The monoisotopic (exact) mass is 313 g/mol. The predicted octanol–water partition coefficient (Wildman–Crippen LogP) is 2.23. The number of methoxy groups -OCH3 is 2. The number of nitrogens with zero attached hydrogens (tertiary/aromatic N) is 1. The Morgan fingerprint density at radius 1 is 1.44 bits per heavy atom. The Morgan fingerprint density at radius 3 is 2.44 bits per heavy atom. The molecule has 0 bridgehead atoms. The molecular formula is C12H12BrNO4. The van der Waals surface area contributed by atoms with Crippen LogP contribution in [-0.4, -0.2) is 25.3 Å². The molecule has 1 rings (SSSR count). The van der Waals surface area contributed by atoms with Gasteiger partial charge in [0.25, 0.3) is 0 Å². The number of hydrogen-bond acceptors (Lipinski definition) is 4. The maximum atomic E-state index is 10.8. The Morgan fingerprint density at radius 2 is 2.00 bits per heavy atom. The molecule has 0 aliphatic rings. The molecule has 96 valence electrons. The number of halogens is 1. The van der Waals surface area contributed by atoms with Crippen LogP contribution >= 0.6 is 15.9 Å². The summed E-state index contributed by atoms with van der Waals surface area (Å²) in [4.78, 5) is 10.8. The van der Waals surface area contributed by atoms with E-state index in [1.807, 2.05) is 0 Å². The SMILES string of the molecule is COc1cc(Br)c(CC(C#N)C(=O)O)cc1OC. The van der Waals surface area contributed by atoms with E-state index in [0.29, 0.717) is 21.5 Å². The fraction of sp³-hybridized carbons (Fsp3) is 0.333. The van der Waals surface area contributed by atoms with Crippen LogP contribution in [0, 0.1) is 17.2 Å². The van der Waals surface area contributed by atoms with Gasteiger partial charge in [-0.15, -0.1) is 0 Å².